The molecule has 0 fully saturated rings. The molecular weight excluding hydrogens is 445 g/mol. The van der Waals surface area contributed by atoms with Crippen LogP contribution in [0.5, 0.6) is 5.75 Å². The summed E-state index contributed by atoms with van der Waals surface area (Å²) >= 11 is 3.36. The fraction of sp³-hybridized carbons (Fsp3) is 0.200. The van der Waals surface area contributed by atoms with Crippen molar-refractivity contribution < 1.29 is 23.2 Å². The van der Waals surface area contributed by atoms with Crippen molar-refractivity contribution >= 4 is 27.6 Å². The molecule has 9 heteroatoms. The molecule has 0 aliphatic rings. The molecule has 29 heavy (non-hydrogen) atoms. The number of aromatic nitrogens is 2. The molecular formula is C20H17BrFN3O4. The minimum Gasteiger partial charge on any atom is -0.463 e. The predicted molar refractivity (Wildman–Crippen MR) is 106 cm³/mol. The maximum atomic E-state index is 12.4. The molecule has 2 aromatic carbocycles. The van der Waals surface area contributed by atoms with Gasteiger partial charge in [-0.1, -0.05) is 33.2 Å². The van der Waals surface area contributed by atoms with Crippen LogP contribution in [0.1, 0.15) is 23.2 Å². The fourth-order valence-electron chi connectivity index (χ4n) is 2.54. The van der Waals surface area contributed by atoms with Crippen LogP contribution in [0.25, 0.3) is 11.4 Å². The van der Waals surface area contributed by atoms with Crippen molar-refractivity contribution in [2.45, 2.75) is 19.4 Å². The molecule has 1 unspecified atom stereocenters. The Hall–Kier alpha value is -3.07. The van der Waals surface area contributed by atoms with Crippen molar-refractivity contribution in [3.8, 4) is 17.1 Å². The van der Waals surface area contributed by atoms with Crippen molar-refractivity contribution in [1.82, 2.24) is 15.5 Å². The van der Waals surface area contributed by atoms with Crippen LogP contribution in [0.4, 0.5) is 4.39 Å². The van der Waals surface area contributed by atoms with E-state index < -0.39 is 18.8 Å². The molecule has 150 valence electrons. The number of halogens is 2. The van der Waals surface area contributed by atoms with E-state index >= 15 is 0 Å². The lowest BCUT2D eigenvalue weighted by Crippen LogP contribution is -2.39. The van der Waals surface area contributed by atoms with Gasteiger partial charge in [-0.25, -0.2) is 4.39 Å². The van der Waals surface area contributed by atoms with Gasteiger partial charge in [-0.2, -0.15) is 4.98 Å². The zero-order chi connectivity index (χ0) is 20.8. The van der Waals surface area contributed by atoms with Crippen LogP contribution < -0.4 is 10.1 Å². The van der Waals surface area contributed by atoms with E-state index in [0.29, 0.717) is 11.3 Å². The molecule has 1 N–H and O–H groups in total. The number of nitrogens with one attached hydrogen (secondary N) is 1. The summed E-state index contributed by atoms with van der Waals surface area (Å²) in [5.74, 6) is -0.507. The van der Waals surface area contributed by atoms with Gasteiger partial charge in [0.25, 0.3) is 0 Å². The molecule has 0 spiro atoms. The second-order valence-electron chi connectivity index (χ2n) is 6.17. The zero-order valence-electron chi connectivity index (χ0n) is 15.4. The molecule has 3 aromatic rings. The SMILES string of the molecule is CC(NC(=O)c1nc(-c2ccc(OCF)cc2)no1)C(=O)Cc1cccc(Br)c1. The lowest BCUT2D eigenvalue weighted by molar-refractivity contribution is -0.119. The van der Waals surface area contributed by atoms with E-state index in [2.05, 4.69) is 31.4 Å². The largest absolute Gasteiger partial charge is 0.463 e. The van der Waals surface area contributed by atoms with Crippen molar-refractivity contribution in [3.63, 3.8) is 0 Å². The van der Waals surface area contributed by atoms with Gasteiger partial charge in [0.05, 0.1) is 6.04 Å². The van der Waals surface area contributed by atoms with Crippen molar-refractivity contribution in [2.24, 2.45) is 0 Å². The first kappa shape index (κ1) is 20.7. The number of carbonyl (C=O) groups is 2. The minimum absolute atomic E-state index is 0.153. The van der Waals surface area contributed by atoms with Gasteiger partial charge in [0.1, 0.15) is 5.75 Å². The summed E-state index contributed by atoms with van der Waals surface area (Å²) < 4.78 is 22.8. The summed E-state index contributed by atoms with van der Waals surface area (Å²) in [4.78, 5) is 28.7. The number of carbonyl (C=O) groups excluding carboxylic acids is 2. The maximum Gasteiger partial charge on any atom is 0.316 e. The van der Waals surface area contributed by atoms with Gasteiger partial charge in [-0.3, -0.25) is 9.59 Å². The average molecular weight is 462 g/mol. The van der Waals surface area contributed by atoms with Crippen molar-refractivity contribution in [1.29, 1.82) is 0 Å². The molecule has 7 nitrogen and oxygen atoms in total. The number of alkyl halides is 1. The molecule has 0 saturated heterocycles. The number of Topliss-reactive ketones (excluding diaryl/α,β-unsaturated/α-hetero) is 1. The molecule has 3 rings (SSSR count). The van der Waals surface area contributed by atoms with Crippen LogP contribution in [0.15, 0.2) is 57.5 Å². The van der Waals surface area contributed by atoms with E-state index in [-0.39, 0.29) is 23.9 Å². The third-order valence-corrected chi connectivity index (χ3v) is 4.55. The molecule has 1 amide bonds. The van der Waals surface area contributed by atoms with Gasteiger partial charge < -0.3 is 14.6 Å². The molecule has 1 atom stereocenters. The number of hydrogen-bond acceptors (Lipinski definition) is 6. The molecule has 0 bridgehead atoms. The van der Waals surface area contributed by atoms with E-state index in [1.165, 1.54) is 0 Å². The first-order valence-electron chi connectivity index (χ1n) is 8.67. The molecule has 0 saturated carbocycles. The van der Waals surface area contributed by atoms with Gasteiger partial charge >= 0.3 is 11.8 Å². The topological polar surface area (TPSA) is 94.3 Å². The Labute approximate surface area is 174 Å². The van der Waals surface area contributed by atoms with Gasteiger partial charge in [0.15, 0.2) is 5.78 Å². The summed E-state index contributed by atoms with van der Waals surface area (Å²) in [6.45, 7) is 0.670. The second kappa shape index (κ2) is 9.42. The van der Waals surface area contributed by atoms with Gasteiger partial charge in [-0.15, -0.1) is 0 Å². The average Bonchev–Trinajstić information content (AvgIpc) is 3.19. The fourth-order valence-corrected chi connectivity index (χ4v) is 2.98. The van der Waals surface area contributed by atoms with Crippen LogP contribution in [0, 0.1) is 0 Å². The summed E-state index contributed by atoms with van der Waals surface area (Å²) in [7, 11) is 0. The lowest BCUT2D eigenvalue weighted by atomic mass is 10.0. The Balaban J connectivity index is 1.61. The van der Waals surface area contributed by atoms with Crippen molar-refractivity contribution in [3.05, 3.63) is 64.5 Å². The van der Waals surface area contributed by atoms with Crippen LogP contribution in [-0.2, 0) is 11.2 Å². The smallest absolute Gasteiger partial charge is 0.316 e. The minimum atomic E-state index is -0.926. The second-order valence-corrected chi connectivity index (χ2v) is 7.08. The Morgan fingerprint density at radius 1 is 1.24 bits per heavy atom. The predicted octanol–water partition coefficient (Wildman–Crippen LogP) is 3.74. The molecule has 1 aromatic heterocycles. The Morgan fingerprint density at radius 2 is 2.00 bits per heavy atom. The maximum absolute atomic E-state index is 12.4. The number of nitrogens with zero attached hydrogens (tertiary/aromatic N) is 2. The monoisotopic (exact) mass is 461 g/mol. The Morgan fingerprint density at radius 3 is 2.69 bits per heavy atom. The summed E-state index contributed by atoms with van der Waals surface area (Å²) in [6, 6.07) is 13.0. The van der Waals surface area contributed by atoms with Crippen molar-refractivity contribution in [2.75, 3.05) is 6.86 Å². The highest BCUT2D eigenvalue weighted by Gasteiger charge is 2.21. The highest BCUT2D eigenvalue weighted by molar-refractivity contribution is 9.10. The third-order valence-electron chi connectivity index (χ3n) is 4.05. The quantitative estimate of drug-likeness (QED) is 0.548. The van der Waals surface area contributed by atoms with Gasteiger partial charge in [0.2, 0.25) is 12.7 Å². The van der Waals surface area contributed by atoms with E-state index in [0.717, 1.165) is 10.0 Å². The lowest BCUT2D eigenvalue weighted by Gasteiger charge is -2.11. The standard InChI is InChI=1S/C20H17BrFN3O4/c1-12(17(26)10-13-3-2-4-15(21)9-13)23-19(27)20-24-18(25-29-20)14-5-7-16(8-6-14)28-11-22/h2-9,12H,10-11H2,1H3,(H,23,27). The number of rotatable bonds is 8. The number of benzene rings is 2. The highest BCUT2D eigenvalue weighted by Crippen LogP contribution is 2.20. The van der Waals surface area contributed by atoms with Gasteiger partial charge in [-0.05, 0) is 48.9 Å². The summed E-state index contributed by atoms with van der Waals surface area (Å²) in [5, 5.41) is 6.32. The van der Waals surface area contributed by atoms with E-state index in [1.807, 2.05) is 24.3 Å². The highest BCUT2D eigenvalue weighted by atomic mass is 79.9. The van der Waals surface area contributed by atoms with Gasteiger partial charge in [0, 0.05) is 16.5 Å². The Kier molecular flexibility index (Phi) is 6.71. The molecule has 1 heterocycles. The van der Waals surface area contributed by atoms with Crippen LogP contribution in [0.2, 0.25) is 0 Å². The molecule has 0 aliphatic carbocycles. The Bertz CT molecular complexity index is 1010. The number of hydrogen-bond donors (Lipinski definition) is 1. The molecule has 0 radical (unpaired) electrons. The third kappa shape index (κ3) is 5.47. The van der Waals surface area contributed by atoms with Crippen LogP contribution >= 0.6 is 15.9 Å². The van der Waals surface area contributed by atoms with Crippen LogP contribution in [0.3, 0.4) is 0 Å². The normalized spacial score (nSPS) is 11.7. The summed E-state index contributed by atoms with van der Waals surface area (Å²) in [6.07, 6.45) is 0.184. The van der Waals surface area contributed by atoms with E-state index in [4.69, 9.17) is 9.26 Å². The number of ketones is 1. The van der Waals surface area contributed by atoms with E-state index in [9.17, 15) is 14.0 Å². The zero-order valence-corrected chi connectivity index (χ0v) is 17.0. The van der Waals surface area contributed by atoms with E-state index in [1.54, 1.807) is 31.2 Å². The molecule has 0 aliphatic heterocycles. The van der Waals surface area contributed by atoms with Crippen LogP contribution in [-0.4, -0.2) is 34.7 Å². The number of ether oxygens (including phenoxy) is 1. The number of amides is 1. The first-order valence-corrected chi connectivity index (χ1v) is 9.46. The first-order chi connectivity index (χ1) is 14.0. The summed E-state index contributed by atoms with van der Waals surface area (Å²) in [5.41, 5.74) is 1.41.